The number of hydrogen-bond donors (Lipinski definition) is 1. The molecule has 10 heavy (non-hydrogen) atoms. The van der Waals surface area contributed by atoms with Crippen LogP contribution >= 0.6 is 0 Å². The maximum absolute atomic E-state index is 7.30. The SMILES string of the molecule is N=c1cnn2ccocc1-2. The molecule has 4 nitrogen and oxygen atoms in total. The summed E-state index contributed by atoms with van der Waals surface area (Å²) in [7, 11) is 0. The molecule has 0 aromatic heterocycles. The van der Waals surface area contributed by atoms with Gasteiger partial charge in [-0.25, -0.2) is 4.68 Å². The van der Waals surface area contributed by atoms with Crippen molar-refractivity contribution in [3.8, 4) is 5.69 Å². The molecule has 0 aromatic carbocycles. The fraction of sp³-hybridized carbons (Fsp3) is 0. The van der Waals surface area contributed by atoms with E-state index in [1.165, 1.54) is 18.7 Å². The van der Waals surface area contributed by atoms with Gasteiger partial charge in [0.2, 0.25) is 0 Å². The minimum Gasteiger partial charge on any atom is -0.469 e. The molecule has 2 aliphatic heterocycles. The van der Waals surface area contributed by atoms with Crippen LogP contribution in [0.2, 0.25) is 0 Å². The van der Waals surface area contributed by atoms with Gasteiger partial charge in [0, 0.05) is 0 Å². The zero-order chi connectivity index (χ0) is 6.97. The lowest BCUT2D eigenvalue weighted by Crippen LogP contribution is -2.01. The molecule has 1 N–H and O–H groups in total. The van der Waals surface area contributed by atoms with Crippen LogP contribution < -0.4 is 5.36 Å². The lowest BCUT2D eigenvalue weighted by molar-refractivity contribution is 0.528. The van der Waals surface area contributed by atoms with Crippen LogP contribution in [-0.2, 0) is 0 Å². The van der Waals surface area contributed by atoms with Crippen molar-refractivity contribution in [1.82, 2.24) is 9.78 Å². The Kier molecular flexibility index (Phi) is 0.887. The van der Waals surface area contributed by atoms with Crippen LogP contribution in [0, 0.1) is 5.41 Å². The minimum absolute atomic E-state index is 0.379. The number of fused-ring (bicyclic) bond motifs is 1. The van der Waals surface area contributed by atoms with Crippen molar-refractivity contribution < 1.29 is 4.42 Å². The van der Waals surface area contributed by atoms with Crippen molar-refractivity contribution in [2.24, 2.45) is 0 Å². The molecule has 0 aliphatic carbocycles. The smallest absolute Gasteiger partial charge is 0.126 e. The van der Waals surface area contributed by atoms with Crippen molar-refractivity contribution in [2.45, 2.75) is 0 Å². The van der Waals surface area contributed by atoms with Gasteiger partial charge in [-0.2, -0.15) is 5.10 Å². The van der Waals surface area contributed by atoms with Crippen LogP contribution in [-0.4, -0.2) is 9.78 Å². The van der Waals surface area contributed by atoms with Crippen molar-refractivity contribution in [3.05, 3.63) is 30.3 Å². The van der Waals surface area contributed by atoms with Gasteiger partial charge in [0.15, 0.2) is 0 Å². The second-order valence-corrected chi connectivity index (χ2v) is 1.93. The van der Waals surface area contributed by atoms with Gasteiger partial charge in [0.1, 0.15) is 23.6 Å². The van der Waals surface area contributed by atoms with E-state index in [1.54, 1.807) is 10.9 Å². The number of aromatic nitrogens is 2. The molecular formula is C6H5N3O. The largest absolute Gasteiger partial charge is 0.469 e. The monoisotopic (exact) mass is 135 g/mol. The summed E-state index contributed by atoms with van der Waals surface area (Å²) in [4.78, 5) is 0. The van der Waals surface area contributed by atoms with E-state index >= 15 is 0 Å². The Morgan fingerprint density at radius 1 is 1.60 bits per heavy atom. The molecule has 50 valence electrons. The normalized spacial score (nSPS) is 10.4. The summed E-state index contributed by atoms with van der Waals surface area (Å²) in [6.45, 7) is 0. The Morgan fingerprint density at radius 3 is 3.30 bits per heavy atom. The summed E-state index contributed by atoms with van der Waals surface area (Å²) < 4.78 is 6.44. The number of nitrogens with zero attached hydrogens (tertiary/aromatic N) is 2. The quantitative estimate of drug-likeness (QED) is 0.567. The van der Waals surface area contributed by atoms with E-state index in [2.05, 4.69) is 5.10 Å². The summed E-state index contributed by atoms with van der Waals surface area (Å²) in [5.41, 5.74) is 0.683. The molecule has 2 heterocycles. The molecule has 0 bridgehead atoms. The van der Waals surface area contributed by atoms with Gasteiger partial charge in [-0.05, 0) is 0 Å². The summed E-state index contributed by atoms with van der Waals surface area (Å²) in [5.74, 6) is 0. The van der Waals surface area contributed by atoms with E-state index in [0.29, 0.717) is 11.0 Å². The zero-order valence-electron chi connectivity index (χ0n) is 5.11. The molecule has 2 rings (SSSR count). The minimum atomic E-state index is 0.379. The van der Waals surface area contributed by atoms with E-state index in [4.69, 9.17) is 9.83 Å². The maximum Gasteiger partial charge on any atom is 0.126 e. The summed E-state index contributed by atoms with van der Waals surface area (Å²) in [6.07, 6.45) is 6.15. The summed E-state index contributed by atoms with van der Waals surface area (Å²) in [6, 6.07) is 0. The molecule has 0 unspecified atom stereocenters. The lowest BCUT2D eigenvalue weighted by atomic mass is 10.5. The van der Waals surface area contributed by atoms with Crippen molar-refractivity contribution >= 4 is 0 Å². The van der Waals surface area contributed by atoms with Gasteiger partial charge in [-0.1, -0.05) is 0 Å². The highest BCUT2D eigenvalue weighted by Crippen LogP contribution is 1.98. The van der Waals surface area contributed by atoms with Crippen LogP contribution in [0.3, 0.4) is 0 Å². The van der Waals surface area contributed by atoms with Crippen molar-refractivity contribution in [3.63, 3.8) is 0 Å². The lowest BCUT2D eigenvalue weighted by Gasteiger charge is -1.95. The third kappa shape index (κ3) is 0.556. The third-order valence-electron chi connectivity index (χ3n) is 1.29. The fourth-order valence-corrected chi connectivity index (χ4v) is 0.804. The molecule has 0 saturated carbocycles. The molecule has 0 amide bonds. The van der Waals surface area contributed by atoms with E-state index < -0.39 is 0 Å². The highest BCUT2D eigenvalue weighted by molar-refractivity contribution is 5.23. The Balaban J connectivity index is 2.91. The Hall–Kier alpha value is -1.58. The molecule has 0 aromatic rings. The fourth-order valence-electron chi connectivity index (χ4n) is 0.804. The zero-order valence-corrected chi connectivity index (χ0v) is 5.11. The van der Waals surface area contributed by atoms with Gasteiger partial charge in [-0.3, -0.25) is 5.41 Å². The molecular weight excluding hydrogens is 130 g/mol. The van der Waals surface area contributed by atoms with E-state index in [0.717, 1.165) is 0 Å². The molecule has 0 atom stereocenters. The Morgan fingerprint density at radius 2 is 2.50 bits per heavy atom. The average molecular weight is 135 g/mol. The second kappa shape index (κ2) is 1.70. The molecule has 2 aliphatic rings. The molecule has 0 saturated heterocycles. The molecule has 0 radical (unpaired) electrons. The highest BCUT2D eigenvalue weighted by atomic mass is 16.3. The first-order valence-corrected chi connectivity index (χ1v) is 2.82. The predicted octanol–water partition coefficient (Wildman–Crippen LogP) is 0.383. The first-order chi connectivity index (χ1) is 4.88. The summed E-state index contributed by atoms with van der Waals surface area (Å²) in [5, 5.41) is 11.6. The third-order valence-corrected chi connectivity index (χ3v) is 1.29. The Labute approximate surface area is 56.6 Å². The van der Waals surface area contributed by atoms with E-state index in [-0.39, 0.29) is 0 Å². The van der Waals surface area contributed by atoms with Gasteiger partial charge >= 0.3 is 0 Å². The predicted molar refractivity (Wildman–Crippen MR) is 32.9 cm³/mol. The first kappa shape index (κ1) is 5.22. The summed E-state index contributed by atoms with van der Waals surface area (Å²) >= 11 is 0. The van der Waals surface area contributed by atoms with Gasteiger partial charge < -0.3 is 4.42 Å². The number of hydrogen-bond acceptors (Lipinski definition) is 3. The van der Waals surface area contributed by atoms with Gasteiger partial charge in [0.05, 0.1) is 12.4 Å². The van der Waals surface area contributed by atoms with E-state index in [1.807, 2.05) is 0 Å². The highest BCUT2D eigenvalue weighted by Gasteiger charge is 2.01. The van der Waals surface area contributed by atoms with Gasteiger partial charge in [-0.15, -0.1) is 0 Å². The first-order valence-electron chi connectivity index (χ1n) is 2.82. The molecule has 4 heteroatoms. The molecule has 0 fully saturated rings. The van der Waals surface area contributed by atoms with Crippen LogP contribution in [0.15, 0.2) is 29.3 Å². The maximum atomic E-state index is 7.30. The van der Waals surface area contributed by atoms with Crippen LogP contribution in [0.4, 0.5) is 0 Å². The topological polar surface area (TPSA) is 54.8 Å². The van der Waals surface area contributed by atoms with Crippen LogP contribution in [0.1, 0.15) is 0 Å². The van der Waals surface area contributed by atoms with Crippen molar-refractivity contribution in [2.75, 3.05) is 0 Å². The van der Waals surface area contributed by atoms with Crippen LogP contribution in [0.25, 0.3) is 5.69 Å². The van der Waals surface area contributed by atoms with E-state index in [9.17, 15) is 0 Å². The average Bonchev–Trinajstić information content (AvgIpc) is 2.34. The van der Waals surface area contributed by atoms with Crippen LogP contribution in [0.5, 0.6) is 0 Å². The second-order valence-electron chi connectivity index (χ2n) is 1.93. The number of rotatable bonds is 0. The van der Waals surface area contributed by atoms with Gasteiger partial charge in [0.25, 0.3) is 0 Å². The standard InChI is InChI=1S/C6H5N3O/c7-5-3-8-9-1-2-10-4-6(5)9/h1-4,7H. The number of nitrogens with one attached hydrogen (secondary N) is 1. The molecule has 0 spiro atoms. The van der Waals surface area contributed by atoms with Crippen molar-refractivity contribution in [1.29, 1.82) is 5.41 Å². The Bertz CT molecular complexity index is 362.